The molecule has 29 heavy (non-hydrogen) atoms. The van der Waals surface area contributed by atoms with Gasteiger partial charge in [0, 0.05) is 23.3 Å². The minimum absolute atomic E-state index is 0.0520. The smallest absolute Gasteiger partial charge is 0.271 e. The van der Waals surface area contributed by atoms with Crippen LogP contribution in [0.3, 0.4) is 0 Å². The van der Waals surface area contributed by atoms with E-state index >= 15 is 0 Å². The number of carbonyl (C=O) groups excluding carboxylic acids is 1. The highest BCUT2D eigenvalue weighted by Gasteiger charge is 2.17. The lowest BCUT2D eigenvalue weighted by Gasteiger charge is -2.06. The van der Waals surface area contributed by atoms with Gasteiger partial charge < -0.3 is 14.7 Å². The third kappa shape index (κ3) is 4.90. The van der Waals surface area contributed by atoms with Crippen molar-refractivity contribution in [2.45, 2.75) is 11.8 Å². The van der Waals surface area contributed by atoms with E-state index in [1.807, 2.05) is 0 Å². The number of phenolic OH excluding ortho intramolecular Hbond substituents is 2. The maximum atomic E-state index is 12.3. The van der Waals surface area contributed by atoms with Crippen molar-refractivity contribution in [3.8, 4) is 11.5 Å². The lowest BCUT2D eigenvalue weighted by Crippen LogP contribution is -2.18. The number of nitrogens with one attached hydrogen (secondary N) is 2. The summed E-state index contributed by atoms with van der Waals surface area (Å²) >= 11 is 0. The number of aryl methyl sites for hydroxylation is 1. The summed E-state index contributed by atoms with van der Waals surface area (Å²) in [5.41, 5.74) is 2.72. The Kier molecular flexibility index (Phi) is 5.50. The molecule has 0 aliphatic heterocycles. The summed E-state index contributed by atoms with van der Waals surface area (Å²) in [6, 6.07) is 10.5. The van der Waals surface area contributed by atoms with Crippen LogP contribution in [0.15, 0.2) is 63.1 Å². The molecule has 0 spiro atoms. The summed E-state index contributed by atoms with van der Waals surface area (Å²) in [6.07, 6.45) is 1.20. The molecular weight excluding hydrogens is 400 g/mol. The van der Waals surface area contributed by atoms with Gasteiger partial charge in [0.25, 0.3) is 15.9 Å². The number of hydrazone groups is 1. The zero-order chi connectivity index (χ0) is 21.0. The van der Waals surface area contributed by atoms with Gasteiger partial charge >= 0.3 is 0 Å². The van der Waals surface area contributed by atoms with Crippen molar-refractivity contribution < 1.29 is 27.9 Å². The van der Waals surface area contributed by atoms with Gasteiger partial charge in [-0.05, 0) is 43.3 Å². The maximum Gasteiger partial charge on any atom is 0.271 e. The molecule has 0 aliphatic carbocycles. The van der Waals surface area contributed by atoms with Crippen LogP contribution >= 0.6 is 0 Å². The van der Waals surface area contributed by atoms with Crippen LogP contribution in [0.25, 0.3) is 0 Å². The molecule has 10 nitrogen and oxygen atoms in total. The van der Waals surface area contributed by atoms with E-state index in [4.69, 9.17) is 4.52 Å². The number of aromatic hydroxyl groups is 2. The number of aromatic nitrogens is 1. The van der Waals surface area contributed by atoms with Crippen molar-refractivity contribution in [3.63, 3.8) is 0 Å². The van der Waals surface area contributed by atoms with Gasteiger partial charge in [0.1, 0.15) is 17.3 Å². The molecule has 0 unspecified atom stereocenters. The molecule has 1 heterocycles. The summed E-state index contributed by atoms with van der Waals surface area (Å²) in [7, 11) is -3.89. The van der Waals surface area contributed by atoms with E-state index in [1.54, 1.807) is 6.92 Å². The minimum Gasteiger partial charge on any atom is -0.508 e. The first kappa shape index (κ1) is 19.9. The fourth-order valence-corrected chi connectivity index (χ4v) is 3.25. The van der Waals surface area contributed by atoms with Crippen LogP contribution < -0.4 is 10.1 Å². The molecular formula is C18H16N4O6S. The lowest BCUT2D eigenvalue weighted by atomic mass is 10.2. The van der Waals surface area contributed by atoms with Gasteiger partial charge in [0.2, 0.25) is 0 Å². The highest BCUT2D eigenvalue weighted by molar-refractivity contribution is 7.92. The third-order valence-corrected chi connectivity index (χ3v) is 5.05. The second-order valence-electron chi connectivity index (χ2n) is 5.89. The van der Waals surface area contributed by atoms with Crippen molar-refractivity contribution in [1.82, 2.24) is 10.6 Å². The monoisotopic (exact) mass is 416 g/mol. The van der Waals surface area contributed by atoms with Crippen molar-refractivity contribution >= 4 is 28.0 Å². The number of rotatable bonds is 6. The van der Waals surface area contributed by atoms with Gasteiger partial charge in [-0.15, -0.1) is 0 Å². The first-order chi connectivity index (χ1) is 13.7. The number of nitrogens with zero attached hydrogens (tertiary/aromatic N) is 2. The molecule has 4 N–H and O–H groups in total. The summed E-state index contributed by atoms with van der Waals surface area (Å²) in [5.74, 6) is -0.380. The highest BCUT2D eigenvalue weighted by atomic mass is 32.2. The van der Waals surface area contributed by atoms with E-state index in [9.17, 15) is 23.4 Å². The van der Waals surface area contributed by atoms with Crippen molar-refractivity contribution in [3.05, 3.63) is 65.4 Å². The second-order valence-corrected chi connectivity index (χ2v) is 7.58. The average Bonchev–Trinajstić information content (AvgIpc) is 3.07. The molecule has 0 saturated heterocycles. The third-order valence-electron chi connectivity index (χ3n) is 3.68. The molecule has 3 rings (SSSR count). The predicted molar refractivity (Wildman–Crippen MR) is 103 cm³/mol. The molecule has 0 saturated carbocycles. The van der Waals surface area contributed by atoms with Crippen LogP contribution in [0, 0.1) is 6.92 Å². The van der Waals surface area contributed by atoms with Gasteiger partial charge in [-0.3, -0.25) is 9.52 Å². The van der Waals surface area contributed by atoms with Crippen molar-refractivity contribution in [2.24, 2.45) is 5.10 Å². The normalized spacial score (nSPS) is 11.5. The molecule has 3 aromatic rings. The first-order valence-corrected chi connectivity index (χ1v) is 9.64. The van der Waals surface area contributed by atoms with E-state index in [-0.39, 0.29) is 27.8 Å². The fraction of sp³-hybridized carbons (Fsp3) is 0.0556. The number of hydrogen-bond acceptors (Lipinski definition) is 8. The Morgan fingerprint density at radius 1 is 1.14 bits per heavy atom. The quantitative estimate of drug-likeness (QED) is 0.354. The van der Waals surface area contributed by atoms with Gasteiger partial charge in [-0.2, -0.15) is 5.10 Å². The highest BCUT2D eigenvalue weighted by Crippen LogP contribution is 2.21. The van der Waals surface area contributed by atoms with Crippen LogP contribution in [0.4, 0.5) is 5.82 Å². The Morgan fingerprint density at radius 2 is 1.86 bits per heavy atom. The number of phenols is 2. The van der Waals surface area contributed by atoms with Gasteiger partial charge in [-0.25, -0.2) is 13.8 Å². The molecule has 1 amide bonds. The molecule has 0 bridgehead atoms. The Morgan fingerprint density at radius 3 is 2.48 bits per heavy atom. The number of amides is 1. The second kappa shape index (κ2) is 8.02. The van der Waals surface area contributed by atoms with Crippen molar-refractivity contribution in [2.75, 3.05) is 4.72 Å². The number of anilines is 1. The van der Waals surface area contributed by atoms with Crippen LogP contribution in [0.5, 0.6) is 11.5 Å². The predicted octanol–water partition coefficient (Wildman–Crippen LogP) is 1.96. The number of hydrogen-bond donors (Lipinski definition) is 4. The minimum atomic E-state index is -3.89. The molecule has 0 fully saturated rings. The van der Waals surface area contributed by atoms with Crippen LogP contribution in [-0.2, 0) is 10.0 Å². The van der Waals surface area contributed by atoms with Crippen LogP contribution in [-0.4, -0.2) is 35.9 Å². The zero-order valence-corrected chi connectivity index (χ0v) is 15.8. The molecule has 0 atom stereocenters. The van der Waals surface area contributed by atoms with Crippen molar-refractivity contribution in [1.29, 1.82) is 0 Å². The average molecular weight is 416 g/mol. The van der Waals surface area contributed by atoms with E-state index < -0.39 is 15.9 Å². The van der Waals surface area contributed by atoms with Crippen LogP contribution in [0.2, 0.25) is 0 Å². The van der Waals surface area contributed by atoms with E-state index in [1.165, 1.54) is 48.7 Å². The Hall–Kier alpha value is -3.86. The van der Waals surface area contributed by atoms with Gasteiger partial charge in [0.15, 0.2) is 5.82 Å². The zero-order valence-electron chi connectivity index (χ0n) is 15.0. The molecule has 0 radical (unpaired) electrons. The summed E-state index contributed by atoms with van der Waals surface area (Å²) in [5, 5.41) is 26.2. The summed E-state index contributed by atoms with van der Waals surface area (Å²) < 4.78 is 31.7. The number of sulfonamides is 1. The van der Waals surface area contributed by atoms with E-state index in [0.717, 1.165) is 6.07 Å². The number of carbonyl (C=O) groups is 1. The summed E-state index contributed by atoms with van der Waals surface area (Å²) in [6.45, 7) is 1.63. The molecule has 1 aromatic heterocycles. The topological polar surface area (TPSA) is 154 Å². The molecule has 150 valence electrons. The molecule has 2 aromatic carbocycles. The SMILES string of the molecule is Cc1cc(NS(=O)(=O)c2ccc(C(=O)N/N=C/c3ccc(O)cc3O)cc2)no1. The first-order valence-electron chi connectivity index (χ1n) is 8.16. The van der Waals surface area contributed by atoms with Gasteiger partial charge in [0.05, 0.1) is 11.1 Å². The Labute approximate surface area is 165 Å². The molecule has 0 aliphatic rings. The van der Waals surface area contributed by atoms with E-state index in [2.05, 4.69) is 20.4 Å². The Bertz CT molecular complexity index is 1170. The van der Waals surface area contributed by atoms with Gasteiger partial charge in [-0.1, -0.05) is 5.16 Å². The standard InChI is InChI=1S/C18H16N4O6S/c1-11-8-17(21-28-11)22-29(26,27)15-6-3-12(4-7-15)18(25)20-19-10-13-2-5-14(23)9-16(13)24/h2-10,23-24H,1H3,(H,20,25)(H,21,22)/b19-10+. The largest absolute Gasteiger partial charge is 0.508 e. The number of benzene rings is 2. The van der Waals surface area contributed by atoms with E-state index in [0.29, 0.717) is 11.3 Å². The lowest BCUT2D eigenvalue weighted by molar-refractivity contribution is 0.0955. The summed E-state index contributed by atoms with van der Waals surface area (Å²) in [4.78, 5) is 12.1. The Balaban J connectivity index is 1.66. The maximum absolute atomic E-state index is 12.3. The fourth-order valence-electron chi connectivity index (χ4n) is 2.26. The van der Waals surface area contributed by atoms with Crippen LogP contribution in [0.1, 0.15) is 21.7 Å². The molecule has 11 heteroatoms.